The molecule has 1 aromatic rings. The van der Waals surface area contributed by atoms with Gasteiger partial charge in [0.05, 0.1) is 5.56 Å². The number of aromatic carboxylic acids is 1. The van der Waals surface area contributed by atoms with Crippen molar-refractivity contribution in [2.24, 2.45) is 0 Å². The van der Waals surface area contributed by atoms with Crippen LogP contribution in [0.3, 0.4) is 0 Å². The van der Waals surface area contributed by atoms with Crippen LogP contribution in [-0.4, -0.2) is 33.4 Å². The number of aliphatic carboxylic acids is 1. The Morgan fingerprint density at radius 1 is 1.19 bits per heavy atom. The first kappa shape index (κ1) is 13.5. The molecule has 0 radical (unpaired) electrons. The Labute approximate surface area is 90.9 Å². The van der Waals surface area contributed by atoms with Gasteiger partial charge in [-0.3, -0.25) is 9.78 Å². The third kappa shape index (κ3) is 6.96. The van der Waals surface area contributed by atoms with E-state index in [0.717, 1.165) is 12.2 Å². The molecule has 0 aliphatic heterocycles. The highest BCUT2D eigenvalue weighted by molar-refractivity contribution is 5.87. The van der Waals surface area contributed by atoms with Gasteiger partial charge in [-0.2, -0.15) is 0 Å². The minimum Gasteiger partial charge on any atom is -0.478 e. The van der Waals surface area contributed by atoms with Crippen molar-refractivity contribution in [3.8, 4) is 0 Å². The Kier molecular flexibility index (Phi) is 6.63. The number of rotatable bonds is 3. The molecule has 6 heteroatoms. The number of aldehydes is 1. The molecule has 0 aliphatic rings. The minimum atomic E-state index is -1.10. The molecule has 0 fully saturated rings. The first-order valence-corrected chi connectivity index (χ1v) is 4.06. The van der Waals surface area contributed by atoms with Crippen LogP contribution in [0.4, 0.5) is 0 Å². The van der Waals surface area contributed by atoms with E-state index in [-0.39, 0.29) is 5.56 Å². The third-order valence-electron chi connectivity index (χ3n) is 1.24. The van der Waals surface area contributed by atoms with E-state index in [1.165, 1.54) is 24.5 Å². The second kappa shape index (κ2) is 7.86. The van der Waals surface area contributed by atoms with Gasteiger partial charge in [0, 0.05) is 18.5 Å². The third-order valence-corrected chi connectivity index (χ3v) is 1.24. The largest absolute Gasteiger partial charge is 0.478 e. The maximum Gasteiger partial charge on any atom is 0.335 e. The zero-order valence-corrected chi connectivity index (χ0v) is 8.11. The summed E-state index contributed by atoms with van der Waals surface area (Å²) in [4.78, 5) is 32.7. The average molecular weight is 223 g/mol. The number of allylic oxidation sites excluding steroid dienone is 1. The molecule has 1 heterocycles. The van der Waals surface area contributed by atoms with Crippen molar-refractivity contribution in [3.05, 3.63) is 42.2 Å². The van der Waals surface area contributed by atoms with Gasteiger partial charge in [0.25, 0.3) is 0 Å². The lowest BCUT2D eigenvalue weighted by Crippen LogP contribution is -1.94. The van der Waals surface area contributed by atoms with Crippen molar-refractivity contribution in [1.82, 2.24) is 4.98 Å². The van der Waals surface area contributed by atoms with Crippen molar-refractivity contribution in [1.29, 1.82) is 0 Å². The van der Waals surface area contributed by atoms with E-state index < -0.39 is 11.9 Å². The molecule has 0 aromatic carbocycles. The zero-order chi connectivity index (χ0) is 12.4. The van der Waals surface area contributed by atoms with Crippen molar-refractivity contribution in [2.45, 2.75) is 0 Å². The zero-order valence-electron chi connectivity index (χ0n) is 8.11. The quantitative estimate of drug-likeness (QED) is 0.574. The van der Waals surface area contributed by atoms with E-state index in [1.54, 1.807) is 0 Å². The Balaban J connectivity index is 0.000000293. The molecule has 0 bridgehead atoms. The van der Waals surface area contributed by atoms with E-state index >= 15 is 0 Å². The fraction of sp³-hybridized carbons (Fsp3) is 0. The van der Waals surface area contributed by atoms with E-state index in [4.69, 9.17) is 10.2 Å². The highest BCUT2D eigenvalue weighted by Crippen LogP contribution is 1.93. The molecule has 0 aliphatic carbocycles. The Bertz CT molecular complexity index is 385. The van der Waals surface area contributed by atoms with Crippen molar-refractivity contribution < 1.29 is 24.6 Å². The maximum atomic E-state index is 10.2. The summed E-state index contributed by atoms with van der Waals surface area (Å²) < 4.78 is 0. The van der Waals surface area contributed by atoms with E-state index in [2.05, 4.69) is 4.98 Å². The summed E-state index contributed by atoms with van der Waals surface area (Å²) in [6.45, 7) is 0. The van der Waals surface area contributed by atoms with Crippen LogP contribution in [0, 0.1) is 0 Å². The molecule has 0 amide bonds. The van der Waals surface area contributed by atoms with Crippen LogP contribution >= 0.6 is 0 Å². The molecule has 0 atom stereocenters. The fourth-order valence-electron chi connectivity index (χ4n) is 0.616. The summed E-state index contributed by atoms with van der Waals surface area (Å²) in [6, 6.07) is 2.89. The van der Waals surface area contributed by atoms with E-state index in [9.17, 15) is 14.4 Å². The van der Waals surface area contributed by atoms with Gasteiger partial charge < -0.3 is 10.2 Å². The van der Waals surface area contributed by atoms with Crippen LogP contribution in [0.5, 0.6) is 0 Å². The smallest absolute Gasteiger partial charge is 0.335 e. The second-order valence-corrected chi connectivity index (χ2v) is 2.37. The van der Waals surface area contributed by atoms with Gasteiger partial charge in [-0.25, -0.2) is 9.59 Å². The van der Waals surface area contributed by atoms with Crippen molar-refractivity contribution in [2.75, 3.05) is 0 Å². The van der Waals surface area contributed by atoms with E-state index in [1.807, 2.05) is 0 Å². The average Bonchev–Trinajstić information content (AvgIpc) is 2.28. The molecule has 16 heavy (non-hydrogen) atoms. The summed E-state index contributed by atoms with van der Waals surface area (Å²) in [7, 11) is 0. The first-order chi connectivity index (χ1) is 7.57. The van der Waals surface area contributed by atoms with Gasteiger partial charge in [0.15, 0.2) is 0 Å². The summed E-state index contributed by atoms with van der Waals surface area (Å²) in [5, 5.41) is 16.2. The van der Waals surface area contributed by atoms with Gasteiger partial charge in [-0.05, 0) is 18.2 Å². The SMILES string of the molecule is O=C(O)c1ccncc1.O=C/C=C\C(=O)O. The summed E-state index contributed by atoms with van der Waals surface area (Å²) >= 11 is 0. The van der Waals surface area contributed by atoms with Crippen LogP contribution < -0.4 is 0 Å². The summed E-state index contributed by atoms with van der Waals surface area (Å²) in [5.41, 5.74) is 0.269. The molecule has 6 nitrogen and oxygen atoms in total. The van der Waals surface area contributed by atoms with Gasteiger partial charge in [0.1, 0.15) is 6.29 Å². The van der Waals surface area contributed by atoms with Crippen molar-refractivity contribution >= 4 is 18.2 Å². The molecule has 0 spiro atoms. The van der Waals surface area contributed by atoms with Crippen LogP contribution in [-0.2, 0) is 9.59 Å². The highest BCUT2D eigenvalue weighted by atomic mass is 16.4. The monoisotopic (exact) mass is 223 g/mol. The van der Waals surface area contributed by atoms with Crippen LogP contribution in [0.1, 0.15) is 10.4 Å². The molecule has 1 rings (SSSR count). The van der Waals surface area contributed by atoms with Crippen LogP contribution in [0.2, 0.25) is 0 Å². The number of hydrogen-bond acceptors (Lipinski definition) is 4. The Morgan fingerprint density at radius 2 is 1.75 bits per heavy atom. The van der Waals surface area contributed by atoms with Crippen LogP contribution in [0.15, 0.2) is 36.7 Å². The first-order valence-electron chi connectivity index (χ1n) is 4.06. The number of nitrogens with zero attached hydrogens (tertiary/aromatic N) is 1. The highest BCUT2D eigenvalue weighted by Gasteiger charge is 1.97. The molecule has 0 saturated heterocycles. The summed E-state index contributed by atoms with van der Waals surface area (Å²) in [5.74, 6) is -2.02. The lowest BCUT2D eigenvalue weighted by Gasteiger charge is -1.87. The predicted octanol–water partition coefficient (Wildman–Crippen LogP) is 0.606. The number of carboxylic acids is 2. The second-order valence-electron chi connectivity index (χ2n) is 2.37. The fourth-order valence-corrected chi connectivity index (χ4v) is 0.616. The molecular formula is C10H9NO5. The number of pyridine rings is 1. The minimum absolute atomic E-state index is 0.269. The van der Waals surface area contributed by atoms with Gasteiger partial charge in [-0.15, -0.1) is 0 Å². The van der Waals surface area contributed by atoms with Gasteiger partial charge >= 0.3 is 11.9 Å². The topological polar surface area (TPSA) is 105 Å². The molecule has 0 saturated carbocycles. The lowest BCUT2D eigenvalue weighted by molar-refractivity contribution is -0.131. The number of carbonyl (C=O) groups is 3. The molecule has 0 unspecified atom stereocenters. The molecule has 84 valence electrons. The van der Waals surface area contributed by atoms with E-state index in [0.29, 0.717) is 6.29 Å². The lowest BCUT2D eigenvalue weighted by atomic mass is 10.3. The normalized spacial score (nSPS) is 9.00. The maximum absolute atomic E-state index is 10.2. The predicted molar refractivity (Wildman–Crippen MR) is 54.0 cm³/mol. The number of carbonyl (C=O) groups excluding carboxylic acids is 1. The number of hydrogen-bond donors (Lipinski definition) is 2. The molecule has 1 aromatic heterocycles. The number of carboxylic acid groups (broad SMARTS) is 2. The molecule has 2 N–H and O–H groups in total. The van der Waals surface area contributed by atoms with Crippen molar-refractivity contribution in [3.63, 3.8) is 0 Å². The molecular weight excluding hydrogens is 214 g/mol. The van der Waals surface area contributed by atoms with Gasteiger partial charge in [-0.1, -0.05) is 0 Å². The number of aromatic nitrogens is 1. The Hall–Kier alpha value is -2.50. The van der Waals surface area contributed by atoms with Crippen LogP contribution in [0.25, 0.3) is 0 Å². The standard InChI is InChI=1S/C6H5NO2.C4H4O3/c8-6(9)5-1-3-7-4-2-5;5-3-1-2-4(6)7/h1-4H,(H,8,9);1-3H,(H,6,7)/b;2-1-. The summed E-state index contributed by atoms with van der Waals surface area (Å²) in [6.07, 6.45) is 5.00. The Morgan fingerprint density at radius 3 is 2.00 bits per heavy atom. The van der Waals surface area contributed by atoms with Gasteiger partial charge in [0.2, 0.25) is 0 Å².